The molecule has 0 saturated heterocycles. The van der Waals surface area contributed by atoms with Crippen LogP contribution in [-0.4, -0.2) is 17.8 Å². The van der Waals surface area contributed by atoms with Gasteiger partial charge in [0.1, 0.15) is 5.75 Å². The van der Waals surface area contributed by atoms with Gasteiger partial charge in [0, 0.05) is 12.5 Å². The Hall–Kier alpha value is -1.62. The molecule has 1 unspecified atom stereocenters. The van der Waals surface area contributed by atoms with E-state index in [0.29, 0.717) is 12.4 Å². The van der Waals surface area contributed by atoms with Gasteiger partial charge in [0.2, 0.25) is 0 Å². The highest BCUT2D eigenvalue weighted by molar-refractivity contribution is 5.45. The molecular weight excluding hydrogens is 234 g/mol. The van der Waals surface area contributed by atoms with Crippen LogP contribution in [0, 0.1) is 10.1 Å². The van der Waals surface area contributed by atoms with E-state index in [1.807, 2.05) is 0 Å². The maximum absolute atomic E-state index is 10.7. The molecule has 18 heavy (non-hydrogen) atoms. The summed E-state index contributed by atoms with van der Waals surface area (Å²) in [6.45, 7) is 2.77. The van der Waals surface area contributed by atoms with Crippen molar-refractivity contribution in [2.75, 3.05) is 6.61 Å². The van der Waals surface area contributed by atoms with E-state index in [2.05, 4.69) is 6.92 Å². The van der Waals surface area contributed by atoms with Crippen LogP contribution in [0.5, 0.6) is 5.75 Å². The fourth-order valence-corrected chi connectivity index (χ4v) is 1.92. The highest BCUT2D eigenvalue weighted by atomic mass is 16.7. The Morgan fingerprint density at radius 3 is 3.11 bits per heavy atom. The molecule has 1 atom stereocenters. The zero-order valence-electron chi connectivity index (χ0n) is 10.4. The minimum absolute atomic E-state index is 0.0583. The number of ether oxygens (including phenoxy) is 2. The number of benzene rings is 1. The summed E-state index contributed by atoms with van der Waals surface area (Å²) < 4.78 is 11.2. The summed E-state index contributed by atoms with van der Waals surface area (Å²) in [5.41, 5.74) is 1.07. The van der Waals surface area contributed by atoms with Gasteiger partial charge in [-0.1, -0.05) is 13.3 Å². The van der Waals surface area contributed by atoms with E-state index in [1.54, 1.807) is 6.07 Å². The molecule has 0 saturated carbocycles. The lowest BCUT2D eigenvalue weighted by molar-refractivity contribution is -0.385. The lowest BCUT2D eigenvalue weighted by atomic mass is 10.1. The molecule has 0 bridgehead atoms. The van der Waals surface area contributed by atoms with Gasteiger partial charge in [0.05, 0.1) is 17.6 Å². The van der Waals surface area contributed by atoms with Gasteiger partial charge in [-0.2, -0.15) is 0 Å². The minimum atomic E-state index is -0.412. The Kier molecular flexibility index (Phi) is 4.15. The molecule has 0 spiro atoms. The normalized spacial score (nSPS) is 17.9. The summed E-state index contributed by atoms with van der Waals surface area (Å²) in [5.74, 6) is 0.581. The van der Waals surface area contributed by atoms with Crippen molar-refractivity contribution in [1.82, 2.24) is 0 Å². The molecule has 2 rings (SSSR count). The molecule has 1 heterocycles. The van der Waals surface area contributed by atoms with Gasteiger partial charge >= 0.3 is 0 Å². The first kappa shape index (κ1) is 12.8. The van der Waals surface area contributed by atoms with Crippen LogP contribution in [0.1, 0.15) is 31.7 Å². The van der Waals surface area contributed by atoms with Gasteiger partial charge in [-0.05, 0) is 24.5 Å². The first-order valence-corrected chi connectivity index (χ1v) is 6.26. The maximum Gasteiger partial charge on any atom is 0.273 e. The Morgan fingerprint density at radius 2 is 2.39 bits per heavy atom. The molecule has 5 nitrogen and oxygen atoms in total. The number of rotatable bonds is 5. The van der Waals surface area contributed by atoms with Crippen molar-refractivity contribution in [3.63, 3.8) is 0 Å². The van der Waals surface area contributed by atoms with Crippen molar-refractivity contribution in [2.24, 2.45) is 0 Å². The Labute approximate surface area is 106 Å². The predicted octanol–water partition coefficient (Wildman–Crippen LogP) is 3.06. The molecular formula is C13H17NO4. The molecule has 98 valence electrons. The van der Waals surface area contributed by atoms with Crippen molar-refractivity contribution >= 4 is 5.69 Å². The minimum Gasteiger partial charge on any atom is -0.464 e. The lowest BCUT2D eigenvalue weighted by Crippen LogP contribution is -2.26. The van der Waals surface area contributed by atoms with Crippen molar-refractivity contribution in [3.05, 3.63) is 33.9 Å². The van der Waals surface area contributed by atoms with Crippen LogP contribution < -0.4 is 4.74 Å². The first-order chi connectivity index (χ1) is 8.70. The average Bonchev–Trinajstić information content (AvgIpc) is 2.38. The van der Waals surface area contributed by atoms with Crippen molar-refractivity contribution in [3.8, 4) is 5.75 Å². The van der Waals surface area contributed by atoms with Gasteiger partial charge in [0.25, 0.3) is 5.69 Å². The number of hydrogen-bond acceptors (Lipinski definition) is 4. The molecule has 1 aromatic carbocycles. The van der Waals surface area contributed by atoms with E-state index in [0.717, 1.165) is 31.2 Å². The van der Waals surface area contributed by atoms with Crippen LogP contribution >= 0.6 is 0 Å². The van der Waals surface area contributed by atoms with Gasteiger partial charge in [-0.15, -0.1) is 0 Å². The number of nitrogens with zero attached hydrogens (tertiary/aromatic N) is 1. The lowest BCUT2D eigenvalue weighted by Gasteiger charge is -2.25. The van der Waals surface area contributed by atoms with Crippen LogP contribution in [0.15, 0.2) is 18.2 Å². The molecule has 0 fully saturated rings. The van der Waals surface area contributed by atoms with Crippen LogP contribution in [0.4, 0.5) is 5.69 Å². The second kappa shape index (κ2) is 5.82. The van der Waals surface area contributed by atoms with Crippen LogP contribution in [-0.2, 0) is 11.2 Å². The number of hydrogen-bond donors (Lipinski definition) is 0. The Bertz CT molecular complexity index is 433. The monoisotopic (exact) mass is 251 g/mol. The highest BCUT2D eigenvalue weighted by Crippen LogP contribution is 2.31. The molecule has 1 aliphatic rings. The molecule has 0 aliphatic carbocycles. The SMILES string of the molecule is CCCCOC1CCc2ccc([N+](=O)[O-])cc2O1. The molecule has 1 aliphatic heterocycles. The zero-order valence-corrected chi connectivity index (χ0v) is 10.4. The number of nitro groups is 1. The summed E-state index contributed by atoms with van der Waals surface area (Å²) in [4.78, 5) is 10.3. The number of aryl methyl sites for hydroxylation is 1. The molecule has 5 heteroatoms. The van der Waals surface area contributed by atoms with E-state index < -0.39 is 4.92 Å². The Morgan fingerprint density at radius 1 is 1.56 bits per heavy atom. The summed E-state index contributed by atoms with van der Waals surface area (Å²) in [6.07, 6.45) is 3.45. The molecule has 1 aromatic rings. The van der Waals surface area contributed by atoms with E-state index >= 15 is 0 Å². The zero-order chi connectivity index (χ0) is 13.0. The average molecular weight is 251 g/mol. The smallest absolute Gasteiger partial charge is 0.273 e. The van der Waals surface area contributed by atoms with Gasteiger partial charge < -0.3 is 9.47 Å². The third-order valence-corrected chi connectivity index (χ3v) is 2.97. The third-order valence-electron chi connectivity index (χ3n) is 2.97. The van der Waals surface area contributed by atoms with Crippen LogP contribution in [0.3, 0.4) is 0 Å². The van der Waals surface area contributed by atoms with Crippen molar-refractivity contribution < 1.29 is 14.4 Å². The van der Waals surface area contributed by atoms with E-state index in [1.165, 1.54) is 12.1 Å². The van der Waals surface area contributed by atoms with Crippen LogP contribution in [0.25, 0.3) is 0 Å². The van der Waals surface area contributed by atoms with E-state index in [4.69, 9.17) is 9.47 Å². The standard InChI is InChI=1S/C13H17NO4/c1-2-3-8-17-13-7-5-10-4-6-11(14(15)16)9-12(10)18-13/h4,6,9,13H,2-3,5,7-8H2,1H3. The topological polar surface area (TPSA) is 61.6 Å². The summed E-state index contributed by atoms with van der Waals surface area (Å²) in [7, 11) is 0. The van der Waals surface area contributed by atoms with Gasteiger partial charge in [-0.25, -0.2) is 0 Å². The number of nitro benzene ring substituents is 1. The predicted molar refractivity (Wildman–Crippen MR) is 66.7 cm³/mol. The maximum atomic E-state index is 10.7. The fourth-order valence-electron chi connectivity index (χ4n) is 1.92. The quantitative estimate of drug-likeness (QED) is 0.458. The second-order valence-electron chi connectivity index (χ2n) is 4.36. The number of fused-ring (bicyclic) bond motifs is 1. The summed E-state index contributed by atoms with van der Waals surface area (Å²) in [6, 6.07) is 4.75. The van der Waals surface area contributed by atoms with Crippen molar-refractivity contribution in [2.45, 2.75) is 38.9 Å². The van der Waals surface area contributed by atoms with Gasteiger partial charge in [0.15, 0.2) is 6.29 Å². The highest BCUT2D eigenvalue weighted by Gasteiger charge is 2.22. The van der Waals surface area contributed by atoms with E-state index in [9.17, 15) is 10.1 Å². The number of non-ortho nitro benzene ring substituents is 1. The number of unbranched alkanes of at least 4 members (excludes halogenated alkanes) is 1. The molecule has 0 radical (unpaired) electrons. The first-order valence-electron chi connectivity index (χ1n) is 6.26. The van der Waals surface area contributed by atoms with Crippen molar-refractivity contribution in [1.29, 1.82) is 0 Å². The molecule has 0 N–H and O–H groups in total. The summed E-state index contributed by atoms with van der Waals surface area (Å²) >= 11 is 0. The van der Waals surface area contributed by atoms with E-state index in [-0.39, 0.29) is 12.0 Å². The van der Waals surface area contributed by atoms with Crippen LogP contribution in [0.2, 0.25) is 0 Å². The molecule has 0 amide bonds. The van der Waals surface area contributed by atoms with Gasteiger partial charge in [-0.3, -0.25) is 10.1 Å². The second-order valence-corrected chi connectivity index (χ2v) is 4.36. The Balaban J connectivity index is 2.02. The molecule has 0 aromatic heterocycles. The third kappa shape index (κ3) is 2.98. The fraction of sp³-hybridized carbons (Fsp3) is 0.538. The largest absolute Gasteiger partial charge is 0.464 e. The summed E-state index contributed by atoms with van der Waals surface area (Å²) in [5, 5.41) is 10.7.